The zero-order valence-corrected chi connectivity index (χ0v) is 17.7. The Bertz CT molecular complexity index is 1100. The second kappa shape index (κ2) is 9.02. The molecule has 9 nitrogen and oxygen atoms in total. The molecule has 3 amide bonds. The number of ether oxygens (including phenoxy) is 2. The zero-order valence-electron chi connectivity index (χ0n) is 15.4. The first-order valence-electron chi connectivity index (χ1n) is 8.34. The van der Waals surface area contributed by atoms with Gasteiger partial charge >= 0.3 is 12.0 Å². The maximum Gasteiger partial charge on any atom is 0.373 e. The number of esters is 1. The van der Waals surface area contributed by atoms with Crippen molar-refractivity contribution in [1.29, 1.82) is 5.26 Å². The van der Waals surface area contributed by atoms with E-state index in [0.29, 0.717) is 20.8 Å². The number of halogens is 2. The number of amides is 3. The number of rotatable bonds is 6. The van der Waals surface area contributed by atoms with Gasteiger partial charge in [-0.1, -0.05) is 11.6 Å². The molecule has 1 N–H and O–H groups in total. The molecule has 0 bridgehead atoms. The zero-order chi connectivity index (χ0) is 21.8. The summed E-state index contributed by atoms with van der Waals surface area (Å²) in [5.41, 5.74) is 0.372. The van der Waals surface area contributed by atoms with E-state index in [2.05, 4.69) is 26.0 Å². The van der Waals surface area contributed by atoms with Crippen molar-refractivity contribution in [3.63, 3.8) is 0 Å². The Kier molecular flexibility index (Phi) is 6.44. The predicted octanol–water partition coefficient (Wildman–Crippen LogP) is 3.48. The molecule has 0 aliphatic carbocycles. The van der Waals surface area contributed by atoms with Crippen LogP contribution in [0.4, 0.5) is 4.79 Å². The van der Waals surface area contributed by atoms with Crippen molar-refractivity contribution in [3.8, 4) is 11.8 Å². The van der Waals surface area contributed by atoms with E-state index in [1.165, 1.54) is 31.4 Å². The fourth-order valence-corrected chi connectivity index (χ4v) is 3.59. The molecule has 0 unspecified atom stereocenters. The third-order valence-corrected chi connectivity index (χ3v) is 4.75. The summed E-state index contributed by atoms with van der Waals surface area (Å²) in [4.78, 5) is 37.4. The summed E-state index contributed by atoms with van der Waals surface area (Å²) in [5, 5.41) is 11.6. The topological polar surface area (TPSA) is 122 Å². The maximum atomic E-state index is 12.7. The second-order valence-electron chi connectivity index (χ2n) is 5.89. The van der Waals surface area contributed by atoms with E-state index in [1.54, 1.807) is 6.07 Å². The molecule has 1 aliphatic rings. The lowest BCUT2D eigenvalue weighted by Gasteiger charge is -2.10. The highest BCUT2D eigenvalue weighted by atomic mass is 79.9. The highest BCUT2D eigenvalue weighted by Crippen LogP contribution is 2.34. The molecule has 2 aromatic rings. The number of carbonyl (C=O) groups is 3. The van der Waals surface area contributed by atoms with Crippen LogP contribution < -0.4 is 10.1 Å². The van der Waals surface area contributed by atoms with Gasteiger partial charge in [-0.2, -0.15) is 5.26 Å². The standard InChI is InChI=1S/C19H13BrClN3O6/c1-28-18(26)15-3-2-12(30-15)9-24-17(25)14(23-19(24)27)7-10-6-11(21)8-13(20)16(10)29-5-4-22/h2-3,6-8H,5,9H2,1H3,(H,23,27). The molecule has 0 saturated carbocycles. The van der Waals surface area contributed by atoms with Crippen LogP contribution in [0.5, 0.6) is 5.75 Å². The summed E-state index contributed by atoms with van der Waals surface area (Å²) in [6.45, 7) is -0.403. The number of methoxy groups -OCH3 is 1. The van der Waals surface area contributed by atoms with E-state index in [1.807, 2.05) is 6.07 Å². The minimum Gasteiger partial charge on any atom is -0.477 e. The van der Waals surface area contributed by atoms with Gasteiger partial charge in [0.05, 0.1) is 18.1 Å². The van der Waals surface area contributed by atoms with Crippen molar-refractivity contribution in [2.45, 2.75) is 6.54 Å². The number of imide groups is 1. The largest absolute Gasteiger partial charge is 0.477 e. The molecule has 1 fully saturated rings. The van der Waals surface area contributed by atoms with Gasteiger partial charge in [0.2, 0.25) is 5.76 Å². The minimum absolute atomic E-state index is 0.0179. The third kappa shape index (κ3) is 4.48. The lowest BCUT2D eigenvalue weighted by atomic mass is 10.1. The van der Waals surface area contributed by atoms with Gasteiger partial charge in [-0.05, 0) is 46.3 Å². The number of benzene rings is 1. The first-order chi connectivity index (χ1) is 14.3. The Hall–Kier alpha value is -3.29. The molecule has 0 spiro atoms. The Morgan fingerprint density at radius 1 is 1.40 bits per heavy atom. The average Bonchev–Trinajstić information content (AvgIpc) is 3.27. The van der Waals surface area contributed by atoms with Gasteiger partial charge < -0.3 is 19.2 Å². The van der Waals surface area contributed by atoms with E-state index in [-0.39, 0.29) is 30.4 Å². The Balaban J connectivity index is 1.86. The van der Waals surface area contributed by atoms with E-state index < -0.39 is 17.9 Å². The number of hydrogen-bond acceptors (Lipinski definition) is 7. The van der Waals surface area contributed by atoms with Crippen LogP contribution in [0.3, 0.4) is 0 Å². The van der Waals surface area contributed by atoms with E-state index in [9.17, 15) is 14.4 Å². The monoisotopic (exact) mass is 493 g/mol. The van der Waals surface area contributed by atoms with Crippen molar-refractivity contribution in [2.24, 2.45) is 0 Å². The molecule has 0 radical (unpaired) electrons. The normalized spacial score (nSPS) is 14.6. The molecule has 1 saturated heterocycles. The van der Waals surface area contributed by atoms with Crippen molar-refractivity contribution in [3.05, 3.63) is 56.5 Å². The summed E-state index contributed by atoms with van der Waals surface area (Å²) in [5.74, 6) is -0.807. The summed E-state index contributed by atoms with van der Waals surface area (Å²) in [6.07, 6.45) is 1.39. The molecule has 0 atom stereocenters. The molecule has 30 heavy (non-hydrogen) atoms. The van der Waals surface area contributed by atoms with Gasteiger partial charge in [0.1, 0.15) is 23.3 Å². The Morgan fingerprint density at radius 2 is 2.17 bits per heavy atom. The number of carbonyl (C=O) groups excluding carboxylic acids is 3. The van der Waals surface area contributed by atoms with E-state index >= 15 is 0 Å². The summed E-state index contributed by atoms with van der Waals surface area (Å²) >= 11 is 9.37. The van der Waals surface area contributed by atoms with Crippen LogP contribution in [0.25, 0.3) is 6.08 Å². The van der Waals surface area contributed by atoms with Crippen LogP contribution in [0.15, 0.2) is 38.9 Å². The van der Waals surface area contributed by atoms with Crippen molar-refractivity contribution in [1.82, 2.24) is 10.2 Å². The number of nitrogens with one attached hydrogen (secondary N) is 1. The number of hydrogen-bond donors (Lipinski definition) is 1. The summed E-state index contributed by atoms with van der Waals surface area (Å²) in [7, 11) is 1.21. The molecular formula is C19H13BrClN3O6. The van der Waals surface area contributed by atoms with Crippen LogP contribution >= 0.6 is 27.5 Å². The van der Waals surface area contributed by atoms with Gasteiger partial charge in [-0.25, -0.2) is 9.59 Å². The van der Waals surface area contributed by atoms with Crippen molar-refractivity contribution >= 4 is 51.5 Å². The molecule has 154 valence electrons. The van der Waals surface area contributed by atoms with Crippen LogP contribution in [0, 0.1) is 11.3 Å². The van der Waals surface area contributed by atoms with Gasteiger partial charge in [0.15, 0.2) is 6.61 Å². The number of furan rings is 1. The molecule has 1 aromatic heterocycles. The molecule has 3 rings (SSSR count). The van der Waals surface area contributed by atoms with E-state index in [4.69, 9.17) is 26.0 Å². The molecule has 11 heteroatoms. The van der Waals surface area contributed by atoms with Crippen molar-refractivity contribution in [2.75, 3.05) is 13.7 Å². The van der Waals surface area contributed by atoms with E-state index in [0.717, 1.165) is 4.90 Å². The average molecular weight is 495 g/mol. The first kappa shape index (κ1) is 21.4. The van der Waals surface area contributed by atoms with Crippen LogP contribution in [0.1, 0.15) is 21.9 Å². The van der Waals surface area contributed by atoms with Crippen LogP contribution in [-0.4, -0.2) is 36.5 Å². The quantitative estimate of drug-likeness (QED) is 0.371. The smallest absolute Gasteiger partial charge is 0.373 e. The minimum atomic E-state index is -0.671. The van der Waals surface area contributed by atoms with Gasteiger partial charge in [-0.15, -0.1) is 0 Å². The SMILES string of the molecule is COC(=O)c1ccc(CN2C(=O)NC(=Cc3cc(Cl)cc(Br)c3OCC#N)C2=O)o1. The van der Waals surface area contributed by atoms with Gasteiger partial charge in [0.25, 0.3) is 5.91 Å². The fourth-order valence-electron chi connectivity index (χ4n) is 2.64. The first-order valence-corrected chi connectivity index (χ1v) is 9.51. The molecule has 1 aromatic carbocycles. The highest BCUT2D eigenvalue weighted by Gasteiger charge is 2.34. The van der Waals surface area contributed by atoms with Crippen LogP contribution in [-0.2, 0) is 16.1 Å². The van der Waals surface area contributed by atoms with Gasteiger partial charge in [-0.3, -0.25) is 9.69 Å². The van der Waals surface area contributed by atoms with Crippen molar-refractivity contribution < 1.29 is 28.3 Å². The molecular weight excluding hydrogens is 482 g/mol. The van der Waals surface area contributed by atoms with Gasteiger partial charge in [0, 0.05) is 10.6 Å². The predicted molar refractivity (Wildman–Crippen MR) is 107 cm³/mol. The molecule has 2 heterocycles. The summed E-state index contributed by atoms with van der Waals surface area (Å²) in [6, 6.07) is 7.16. The van der Waals surface area contributed by atoms with Crippen LogP contribution in [0.2, 0.25) is 5.02 Å². The fraction of sp³-hybridized carbons (Fsp3) is 0.158. The highest BCUT2D eigenvalue weighted by molar-refractivity contribution is 9.10. The lowest BCUT2D eigenvalue weighted by Crippen LogP contribution is -2.30. The molecule has 1 aliphatic heterocycles. The number of nitriles is 1. The summed E-state index contributed by atoms with van der Waals surface area (Å²) < 4.78 is 15.7. The Morgan fingerprint density at radius 3 is 2.87 bits per heavy atom. The lowest BCUT2D eigenvalue weighted by molar-refractivity contribution is -0.123. The second-order valence-corrected chi connectivity index (χ2v) is 7.18. The maximum absolute atomic E-state index is 12.7. The third-order valence-electron chi connectivity index (χ3n) is 3.94. The number of urea groups is 1. The Labute approximate surface area is 183 Å². The number of nitrogens with zero attached hydrogens (tertiary/aromatic N) is 2.